The van der Waals surface area contributed by atoms with Crippen LogP contribution in [0.3, 0.4) is 0 Å². The predicted molar refractivity (Wildman–Crippen MR) is 194 cm³/mol. The maximum absolute atomic E-state index is 6.16. The number of anilines is 4. The average Bonchev–Trinajstić information content (AvgIpc) is 3.80. The smallest absolute Gasteiger partial charge is 0.133 e. The minimum atomic E-state index is 0.425. The first-order chi connectivity index (χ1) is 23.4. The highest BCUT2D eigenvalue weighted by Crippen LogP contribution is 2.30. The van der Waals surface area contributed by atoms with Crippen LogP contribution in [0.25, 0.3) is 44.1 Å². The van der Waals surface area contributed by atoms with Gasteiger partial charge in [-0.25, -0.2) is 19.9 Å². The normalized spacial score (nSPS) is 17.3. The van der Waals surface area contributed by atoms with Crippen LogP contribution in [-0.2, 0) is 0 Å². The van der Waals surface area contributed by atoms with Crippen molar-refractivity contribution in [2.75, 3.05) is 48.3 Å². The van der Waals surface area contributed by atoms with Gasteiger partial charge in [0.25, 0.3) is 0 Å². The number of nitrogens with zero attached hydrogens (tertiary/aromatic N) is 6. The Labute approximate surface area is 279 Å². The first-order valence-corrected chi connectivity index (χ1v) is 16.3. The summed E-state index contributed by atoms with van der Waals surface area (Å²) in [5.41, 5.74) is 18.2. The fraction of sp³-hybridized carbons (Fsp3) is 0.278. The van der Waals surface area contributed by atoms with E-state index in [4.69, 9.17) is 11.5 Å². The summed E-state index contributed by atoms with van der Waals surface area (Å²) in [6.07, 6.45) is 13.0. The number of nitrogens with two attached hydrogens (primary N) is 2. The van der Waals surface area contributed by atoms with Gasteiger partial charge in [-0.2, -0.15) is 0 Å². The van der Waals surface area contributed by atoms with E-state index in [2.05, 4.69) is 63.3 Å². The number of nitrogen functional groups attached to an aromatic ring is 2. The standard InChI is InChI=1S/2C18H20N6/c2*1-11-2-4-21-9-14(11)16-6-12-7-17(23-13-3-5-20-8-13)22-10-15(12)18(19)24-16/h2*2,4,6-7,9-10,13,20H,3,5,8H2,1H3,(H2,19,24)(H,22,23)/t2*13-/m10/s1. The summed E-state index contributed by atoms with van der Waals surface area (Å²) in [6, 6.07) is 13.0. The van der Waals surface area contributed by atoms with Crippen molar-refractivity contribution in [3.8, 4) is 22.5 Å². The molecule has 0 aromatic carbocycles. The first-order valence-electron chi connectivity index (χ1n) is 16.3. The van der Waals surface area contributed by atoms with Gasteiger partial charge < -0.3 is 32.7 Å². The SMILES string of the molecule is Cc1ccncc1-c1cc2cc(N[C@@H]3CCNC3)ncc2c(N)n1.Cc1ccncc1-c1cc2cc(N[C@H]3CCNC3)ncc2c(N)n1. The van der Waals surface area contributed by atoms with Crippen LogP contribution in [0.4, 0.5) is 23.3 Å². The third-order valence-electron chi connectivity index (χ3n) is 8.94. The number of aryl methyl sites for hydroxylation is 2. The van der Waals surface area contributed by atoms with Crippen molar-refractivity contribution in [2.45, 2.75) is 38.8 Å². The Morgan fingerprint density at radius 2 is 1.10 bits per heavy atom. The molecule has 6 aromatic rings. The lowest BCUT2D eigenvalue weighted by molar-refractivity contribution is 0.788. The highest BCUT2D eigenvalue weighted by atomic mass is 15.1. The van der Waals surface area contributed by atoms with Crippen LogP contribution < -0.4 is 32.7 Å². The summed E-state index contributed by atoms with van der Waals surface area (Å²) in [6.45, 7) is 8.13. The molecule has 12 nitrogen and oxygen atoms in total. The number of pyridine rings is 6. The van der Waals surface area contributed by atoms with Crippen LogP contribution in [0.15, 0.2) is 73.6 Å². The third kappa shape index (κ3) is 6.80. The summed E-state index contributed by atoms with van der Waals surface area (Å²) in [7, 11) is 0. The molecule has 2 atom stereocenters. The highest BCUT2D eigenvalue weighted by molar-refractivity contribution is 5.95. The fourth-order valence-corrected chi connectivity index (χ4v) is 6.22. The predicted octanol–water partition coefficient (Wildman–Crippen LogP) is 4.71. The maximum atomic E-state index is 6.16. The van der Waals surface area contributed by atoms with E-state index in [-0.39, 0.29) is 0 Å². The Morgan fingerprint density at radius 1 is 0.646 bits per heavy atom. The number of aromatic nitrogens is 6. The zero-order chi connectivity index (χ0) is 33.0. The molecule has 8 rings (SSSR count). The van der Waals surface area contributed by atoms with Crippen molar-refractivity contribution in [2.24, 2.45) is 0 Å². The van der Waals surface area contributed by atoms with Crippen LogP contribution in [0.5, 0.6) is 0 Å². The second-order valence-corrected chi connectivity index (χ2v) is 12.4. The minimum Gasteiger partial charge on any atom is -0.383 e. The number of rotatable bonds is 6. The van der Waals surface area contributed by atoms with E-state index in [1.807, 2.05) is 50.5 Å². The lowest BCUT2D eigenvalue weighted by Crippen LogP contribution is -2.22. The lowest BCUT2D eigenvalue weighted by Gasteiger charge is -2.13. The maximum Gasteiger partial charge on any atom is 0.133 e. The molecule has 0 radical (unpaired) electrons. The molecular formula is C36H40N12. The Balaban J connectivity index is 0.000000152. The molecule has 244 valence electrons. The summed E-state index contributed by atoms with van der Waals surface area (Å²) >= 11 is 0. The molecule has 12 heteroatoms. The molecule has 2 saturated heterocycles. The Kier molecular flexibility index (Phi) is 8.91. The highest BCUT2D eigenvalue weighted by Gasteiger charge is 2.17. The molecule has 0 amide bonds. The lowest BCUT2D eigenvalue weighted by atomic mass is 10.1. The molecule has 2 aliphatic rings. The van der Waals surface area contributed by atoms with Gasteiger partial charge in [0, 0.05) is 84.3 Å². The second-order valence-electron chi connectivity index (χ2n) is 12.4. The first kappa shape index (κ1) is 31.2. The third-order valence-corrected chi connectivity index (χ3v) is 8.94. The fourth-order valence-electron chi connectivity index (χ4n) is 6.22. The quantitative estimate of drug-likeness (QED) is 0.148. The molecule has 8 N–H and O–H groups in total. The Bertz CT molecular complexity index is 1920. The molecule has 0 bridgehead atoms. The Hall–Kier alpha value is -5.46. The van der Waals surface area contributed by atoms with Crippen molar-refractivity contribution >= 4 is 44.8 Å². The number of hydrogen-bond donors (Lipinski definition) is 6. The van der Waals surface area contributed by atoms with Crippen molar-refractivity contribution < 1.29 is 0 Å². The van der Waals surface area contributed by atoms with Crippen LogP contribution in [-0.4, -0.2) is 68.2 Å². The molecule has 0 unspecified atom stereocenters. The van der Waals surface area contributed by atoms with Gasteiger partial charge in [-0.1, -0.05) is 0 Å². The van der Waals surface area contributed by atoms with E-state index in [9.17, 15) is 0 Å². The molecular weight excluding hydrogens is 600 g/mol. The molecule has 48 heavy (non-hydrogen) atoms. The molecule has 8 heterocycles. The minimum absolute atomic E-state index is 0.425. The molecule has 2 fully saturated rings. The molecule has 6 aromatic heterocycles. The van der Waals surface area contributed by atoms with E-state index in [1.165, 1.54) is 0 Å². The van der Waals surface area contributed by atoms with Crippen LogP contribution in [0.2, 0.25) is 0 Å². The summed E-state index contributed by atoms with van der Waals surface area (Å²) in [5, 5.41) is 17.5. The second kappa shape index (κ2) is 13.7. The van der Waals surface area contributed by atoms with E-state index in [1.54, 1.807) is 24.8 Å². The van der Waals surface area contributed by atoms with Crippen molar-refractivity contribution in [3.63, 3.8) is 0 Å². The van der Waals surface area contributed by atoms with Crippen molar-refractivity contribution in [3.05, 3.63) is 84.7 Å². The summed E-state index contributed by atoms with van der Waals surface area (Å²) in [5.74, 6) is 2.73. The van der Waals surface area contributed by atoms with Gasteiger partial charge in [-0.05, 0) is 98.1 Å². The van der Waals surface area contributed by atoms with Gasteiger partial charge in [0.2, 0.25) is 0 Å². The van der Waals surface area contributed by atoms with E-state index >= 15 is 0 Å². The average molecular weight is 641 g/mol. The van der Waals surface area contributed by atoms with Gasteiger partial charge in [0.15, 0.2) is 0 Å². The van der Waals surface area contributed by atoms with Crippen molar-refractivity contribution in [1.82, 2.24) is 40.5 Å². The summed E-state index contributed by atoms with van der Waals surface area (Å²) < 4.78 is 0. The van der Waals surface area contributed by atoms with E-state index in [0.717, 1.165) is 106 Å². The molecule has 2 aliphatic heterocycles. The zero-order valence-corrected chi connectivity index (χ0v) is 27.2. The summed E-state index contributed by atoms with van der Waals surface area (Å²) in [4.78, 5) is 26.4. The topological polar surface area (TPSA) is 178 Å². The number of nitrogens with one attached hydrogen (secondary N) is 4. The van der Waals surface area contributed by atoms with Gasteiger partial charge in [0.05, 0.1) is 11.4 Å². The molecule has 0 aliphatic carbocycles. The monoisotopic (exact) mass is 640 g/mol. The molecule has 0 saturated carbocycles. The van der Waals surface area contributed by atoms with Crippen LogP contribution >= 0.6 is 0 Å². The zero-order valence-electron chi connectivity index (χ0n) is 27.2. The van der Waals surface area contributed by atoms with Gasteiger partial charge in [0.1, 0.15) is 23.3 Å². The van der Waals surface area contributed by atoms with E-state index < -0.39 is 0 Å². The van der Waals surface area contributed by atoms with Crippen LogP contribution in [0.1, 0.15) is 24.0 Å². The van der Waals surface area contributed by atoms with Crippen molar-refractivity contribution in [1.29, 1.82) is 0 Å². The number of fused-ring (bicyclic) bond motifs is 2. The van der Waals surface area contributed by atoms with E-state index in [0.29, 0.717) is 23.7 Å². The van der Waals surface area contributed by atoms with Gasteiger partial charge in [-0.3, -0.25) is 9.97 Å². The Morgan fingerprint density at radius 3 is 1.50 bits per heavy atom. The largest absolute Gasteiger partial charge is 0.383 e. The van der Waals surface area contributed by atoms with Crippen LogP contribution in [0, 0.1) is 13.8 Å². The van der Waals surface area contributed by atoms with Gasteiger partial charge >= 0.3 is 0 Å². The number of hydrogen-bond acceptors (Lipinski definition) is 12. The molecule has 0 spiro atoms. The van der Waals surface area contributed by atoms with Gasteiger partial charge in [-0.15, -0.1) is 0 Å².